The zero-order valence-electron chi connectivity index (χ0n) is 11.3. The first-order valence-electron chi connectivity index (χ1n) is 6.85. The Labute approximate surface area is 113 Å². The molecule has 0 radical (unpaired) electrons. The van der Waals surface area contributed by atoms with E-state index in [9.17, 15) is 9.90 Å². The Morgan fingerprint density at radius 1 is 1.37 bits per heavy atom. The van der Waals surface area contributed by atoms with Gasteiger partial charge in [-0.25, -0.2) is 0 Å². The van der Waals surface area contributed by atoms with E-state index in [4.69, 9.17) is 10.5 Å². The lowest BCUT2D eigenvalue weighted by molar-refractivity contribution is -0.132. The summed E-state index contributed by atoms with van der Waals surface area (Å²) in [7, 11) is 0. The Kier molecular flexibility index (Phi) is 4.43. The van der Waals surface area contributed by atoms with Crippen molar-refractivity contribution in [1.29, 1.82) is 0 Å². The van der Waals surface area contributed by atoms with Crippen molar-refractivity contribution in [3.63, 3.8) is 0 Å². The maximum Gasteiger partial charge on any atom is 0.308 e. The summed E-state index contributed by atoms with van der Waals surface area (Å²) in [6.45, 7) is 1.31. The zero-order chi connectivity index (χ0) is 13.8. The molecular formula is C15H21NO3. The lowest BCUT2D eigenvalue weighted by Crippen LogP contribution is -2.23. The standard InChI is InChI=1S/C15H21NO3/c1-10(17)19-14-8-7-12(9-13(14)18)15(16)11-5-3-2-4-6-11/h7-9,11,15,18H,2-6,16H2,1H3/t15-/m1/s1. The summed E-state index contributed by atoms with van der Waals surface area (Å²) in [5, 5.41) is 9.85. The maximum absolute atomic E-state index is 10.9. The predicted octanol–water partition coefficient (Wildman–Crippen LogP) is 2.90. The summed E-state index contributed by atoms with van der Waals surface area (Å²) in [4.78, 5) is 10.9. The van der Waals surface area contributed by atoms with Gasteiger partial charge in [0.05, 0.1) is 0 Å². The molecule has 1 aromatic carbocycles. The average molecular weight is 263 g/mol. The van der Waals surface area contributed by atoms with E-state index in [1.807, 2.05) is 6.07 Å². The van der Waals surface area contributed by atoms with Crippen LogP contribution in [0.2, 0.25) is 0 Å². The van der Waals surface area contributed by atoms with Gasteiger partial charge in [0.25, 0.3) is 0 Å². The molecule has 0 unspecified atom stereocenters. The van der Waals surface area contributed by atoms with Crippen LogP contribution in [0.15, 0.2) is 18.2 Å². The van der Waals surface area contributed by atoms with E-state index in [1.165, 1.54) is 26.2 Å². The van der Waals surface area contributed by atoms with Gasteiger partial charge in [0.1, 0.15) is 0 Å². The first-order valence-corrected chi connectivity index (χ1v) is 6.85. The third-order valence-corrected chi connectivity index (χ3v) is 3.78. The summed E-state index contributed by atoms with van der Waals surface area (Å²) >= 11 is 0. The van der Waals surface area contributed by atoms with E-state index < -0.39 is 5.97 Å². The molecule has 1 aliphatic rings. The van der Waals surface area contributed by atoms with Crippen LogP contribution in [0.5, 0.6) is 11.5 Å². The number of phenolic OH excluding ortho intramolecular Hbond substituents is 1. The summed E-state index contributed by atoms with van der Waals surface area (Å²) in [6, 6.07) is 4.99. The van der Waals surface area contributed by atoms with Crippen LogP contribution < -0.4 is 10.5 Å². The minimum Gasteiger partial charge on any atom is -0.504 e. The van der Waals surface area contributed by atoms with Crippen LogP contribution in [0, 0.1) is 5.92 Å². The molecule has 1 saturated carbocycles. The van der Waals surface area contributed by atoms with Crippen molar-refractivity contribution < 1.29 is 14.6 Å². The monoisotopic (exact) mass is 263 g/mol. The highest BCUT2D eigenvalue weighted by Crippen LogP contribution is 2.36. The molecule has 0 aromatic heterocycles. The highest BCUT2D eigenvalue weighted by Gasteiger charge is 2.22. The van der Waals surface area contributed by atoms with Crippen molar-refractivity contribution in [2.75, 3.05) is 0 Å². The predicted molar refractivity (Wildman–Crippen MR) is 72.9 cm³/mol. The van der Waals surface area contributed by atoms with E-state index in [0.29, 0.717) is 5.92 Å². The number of aromatic hydroxyl groups is 1. The van der Waals surface area contributed by atoms with Gasteiger partial charge in [0.15, 0.2) is 11.5 Å². The molecule has 0 aliphatic heterocycles. The van der Waals surface area contributed by atoms with E-state index in [0.717, 1.165) is 18.4 Å². The number of carbonyl (C=O) groups excluding carboxylic acids is 1. The number of rotatable bonds is 3. The van der Waals surface area contributed by atoms with Crippen LogP contribution >= 0.6 is 0 Å². The summed E-state index contributed by atoms with van der Waals surface area (Å²) in [6.07, 6.45) is 6.05. The normalized spacial score (nSPS) is 18.0. The number of esters is 1. The second kappa shape index (κ2) is 6.06. The topological polar surface area (TPSA) is 72.5 Å². The zero-order valence-corrected chi connectivity index (χ0v) is 11.3. The van der Waals surface area contributed by atoms with Crippen LogP contribution in [0.4, 0.5) is 0 Å². The fourth-order valence-electron chi connectivity index (χ4n) is 2.75. The maximum atomic E-state index is 10.9. The molecule has 2 rings (SSSR count). The highest BCUT2D eigenvalue weighted by molar-refractivity contribution is 5.70. The first kappa shape index (κ1) is 13.9. The molecule has 4 nitrogen and oxygen atoms in total. The molecule has 0 heterocycles. The van der Waals surface area contributed by atoms with Crippen molar-refractivity contribution >= 4 is 5.97 Å². The first-order chi connectivity index (χ1) is 9.08. The van der Waals surface area contributed by atoms with Crippen molar-refractivity contribution in [3.8, 4) is 11.5 Å². The van der Waals surface area contributed by atoms with Crippen LogP contribution in [0.1, 0.15) is 50.6 Å². The Morgan fingerprint density at radius 3 is 2.63 bits per heavy atom. The van der Waals surface area contributed by atoms with Crippen LogP contribution in [-0.2, 0) is 4.79 Å². The van der Waals surface area contributed by atoms with Gasteiger partial charge in [0, 0.05) is 13.0 Å². The fraction of sp³-hybridized carbons (Fsp3) is 0.533. The number of hydrogen-bond acceptors (Lipinski definition) is 4. The summed E-state index contributed by atoms with van der Waals surface area (Å²) in [5.41, 5.74) is 7.17. The molecule has 1 aromatic rings. The number of phenols is 1. The number of carbonyl (C=O) groups is 1. The second-order valence-corrected chi connectivity index (χ2v) is 5.24. The molecule has 0 amide bonds. The largest absolute Gasteiger partial charge is 0.504 e. The average Bonchev–Trinajstić information content (AvgIpc) is 2.41. The van der Waals surface area contributed by atoms with Gasteiger partial charge in [-0.1, -0.05) is 25.3 Å². The van der Waals surface area contributed by atoms with Crippen molar-refractivity contribution in [1.82, 2.24) is 0 Å². The molecule has 0 spiro atoms. The SMILES string of the molecule is CC(=O)Oc1ccc([C@H](N)C2CCCCC2)cc1O. The van der Waals surface area contributed by atoms with Crippen LogP contribution in [-0.4, -0.2) is 11.1 Å². The third kappa shape index (κ3) is 3.47. The Hall–Kier alpha value is -1.55. The van der Waals surface area contributed by atoms with Gasteiger partial charge >= 0.3 is 5.97 Å². The van der Waals surface area contributed by atoms with E-state index in [2.05, 4.69) is 0 Å². The van der Waals surface area contributed by atoms with Gasteiger partial charge in [-0.05, 0) is 36.5 Å². The molecule has 3 N–H and O–H groups in total. The number of nitrogens with two attached hydrogens (primary N) is 1. The van der Waals surface area contributed by atoms with Crippen molar-refractivity contribution in [2.45, 2.75) is 45.1 Å². The molecule has 1 aliphatic carbocycles. The highest BCUT2D eigenvalue weighted by atomic mass is 16.5. The van der Waals surface area contributed by atoms with Gasteiger partial charge in [-0.3, -0.25) is 4.79 Å². The molecule has 19 heavy (non-hydrogen) atoms. The fourth-order valence-corrected chi connectivity index (χ4v) is 2.75. The molecular weight excluding hydrogens is 242 g/mol. The van der Waals surface area contributed by atoms with Gasteiger partial charge < -0.3 is 15.6 Å². The smallest absolute Gasteiger partial charge is 0.308 e. The van der Waals surface area contributed by atoms with E-state index in [-0.39, 0.29) is 17.5 Å². The molecule has 104 valence electrons. The van der Waals surface area contributed by atoms with Crippen molar-refractivity contribution in [2.24, 2.45) is 11.7 Å². The molecule has 1 atom stereocenters. The molecule has 0 bridgehead atoms. The Balaban J connectivity index is 2.11. The van der Waals surface area contributed by atoms with Crippen LogP contribution in [0.3, 0.4) is 0 Å². The molecule has 4 heteroatoms. The lowest BCUT2D eigenvalue weighted by atomic mass is 9.81. The molecule has 1 fully saturated rings. The van der Waals surface area contributed by atoms with Gasteiger partial charge in [0.2, 0.25) is 0 Å². The third-order valence-electron chi connectivity index (χ3n) is 3.78. The molecule has 0 saturated heterocycles. The second-order valence-electron chi connectivity index (χ2n) is 5.24. The Bertz CT molecular complexity index is 453. The quantitative estimate of drug-likeness (QED) is 0.649. The number of benzene rings is 1. The van der Waals surface area contributed by atoms with E-state index in [1.54, 1.807) is 12.1 Å². The van der Waals surface area contributed by atoms with Crippen molar-refractivity contribution in [3.05, 3.63) is 23.8 Å². The van der Waals surface area contributed by atoms with E-state index >= 15 is 0 Å². The minimum absolute atomic E-state index is 0.0287. The Morgan fingerprint density at radius 2 is 2.05 bits per heavy atom. The van der Waals surface area contributed by atoms with Crippen LogP contribution in [0.25, 0.3) is 0 Å². The van der Waals surface area contributed by atoms with Gasteiger partial charge in [-0.15, -0.1) is 0 Å². The van der Waals surface area contributed by atoms with Gasteiger partial charge in [-0.2, -0.15) is 0 Å². The number of hydrogen-bond donors (Lipinski definition) is 2. The summed E-state index contributed by atoms with van der Waals surface area (Å²) in [5.74, 6) is 0.193. The lowest BCUT2D eigenvalue weighted by Gasteiger charge is -2.27. The summed E-state index contributed by atoms with van der Waals surface area (Å²) < 4.78 is 4.90. The minimum atomic E-state index is -0.445. The number of ether oxygens (including phenoxy) is 1.